The summed E-state index contributed by atoms with van der Waals surface area (Å²) in [6.07, 6.45) is 2.87. The van der Waals surface area contributed by atoms with Crippen molar-refractivity contribution >= 4 is 12.2 Å². The molecule has 0 spiro atoms. The maximum absolute atomic E-state index is 10.2. The van der Waals surface area contributed by atoms with Gasteiger partial charge in [-0.1, -0.05) is 35.9 Å². The van der Waals surface area contributed by atoms with Crippen LogP contribution in [0.5, 0.6) is 0 Å². The van der Waals surface area contributed by atoms with Crippen molar-refractivity contribution in [2.75, 3.05) is 6.61 Å². The molecule has 0 bridgehead atoms. The molecule has 14 heavy (non-hydrogen) atoms. The van der Waals surface area contributed by atoms with Gasteiger partial charge in [-0.15, -0.1) is 0 Å². The third-order valence-corrected chi connectivity index (χ3v) is 1.71. The summed E-state index contributed by atoms with van der Waals surface area (Å²) < 4.78 is 4.54. The highest BCUT2D eigenvalue weighted by Gasteiger charge is 1.89. The van der Waals surface area contributed by atoms with E-state index in [9.17, 15) is 4.79 Å². The van der Waals surface area contributed by atoms with Crippen molar-refractivity contribution in [3.8, 4) is 0 Å². The first kappa shape index (κ1) is 10.3. The van der Waals surface area contributed by atoms with Gasteiger partial charge >= 0.3 is 6.09 Å². The van der Waals surface area contributed by atoms with Crippen LogP contribution in [0.2, 0.25) is 0 Å². The van der Waals surface area contributed by atoms with Crippen LogP contribution in [0.3, 0.4) is 0 Å². The molecule has 2 N–H and O–H groups in total. The number of hydrogen-bond acceptors (Lipinski definition) is 2. The monoisotopic (exact) mass is 191 g/mol. The lowest BCUT2D eigenvalue weighted by atomic mass is 10.1. The number of aryl methyl sites for hydroxylation is 1. The molecule has 3 nitrogen and oxygen atoms in total. The Kier molecular flexibility index (Phi) is 3.73. The first-order valence-electron chi connectivity index (χ1n) is 4.34. The zero-order valence-corrected chi connectivity index (χ0v) is 8.07. The van der Waals surface area contributed by atoms with Crippen LogP contribution in [-0.2, 0) is 4.74 Å². The molecule has 1 aromatic rings. The zero-order chi connectivity index (χ0) is 10.4. The van der Waals surface area contributed by atoms with Crippen molar-refractivity contribution in [2.24, 2.45) is 5.73 Å². The highest BCUT2D eigenvalue weighted by atomic mass is 16.5. The number of nitrogens with two attached hydrogens (primary N) is 1. The molecule has 1 amide bonds. The summed E-state index contributed by atoms with van der Waals surface area (Å²) in [5.41, 5.74) is 7.09. The zero-order valence-electron chi connectivity index (χ0n) is 8.07. The number of primary amides is 1. The molecule has 1 aromatic carbocycles. The maximum atomic E-state index is 10.2. The summed E-state index contributed by atoms with van der Waals surface area (Å²) in [4.78, 5) is 10.2. The van der Waals surface area contributed by atoms with Crippen molar-refractivity contribution in [3.63, 3.8) is 0 Å². The van der Waals surface area contributed by atoms with Crippen LogP contribution in [0.4, 0.5) is 4.79 Å². The van der Waals surface area contributed by atoms with Gasteiger partial charge < -0.3 is 10.5 Å². The van der Waals surface area contributed by atoms with E-state index >= 15 is 0 Å². The Hall–Kier alpha value is -1.77. The van der Waals surface area contributed by atoms with Gasteiger partial charge in [0.15, 0.2) is 0 Å². The smallest absolute Gasteiger partial charge is 0.404 e. The molecule has 0 aromatic heterocycles. The van der Waals surface area contributed by atoms with E-state index in [1.54, 1.807) is 6.08 Å². The van der Waals surface area contributed by atoms with E-state index in [0.29, 0.717) is 0 Å². The summed E-state index contributed by atoms with van der Waals surface area (Å²) in [6.45, 7) is 2.24. The van der Waals surface area contributed by atoms with E-state index in [1.165, 1.54) is 5.56 Å². The standard InChI is InChI=1S/C11H13NO2/c1-9-4-6-10(7-5-9)3-2-8-14-11(12)13/h2-7H,8H2,1H3,(H2,12,13)/b3-2+. The van der Waals surface area contributed by atoms with Crippen molar-refractivity contribution in [3.05, 3.63) is 41.5 Å². The molecule has 0 unspecified atom stereocenters. The molecular weight excluding hydrogens is 178 g/mol. The number of benzene rings is 1. The Labute approximate surface area is 83.2 Å². The molecule has 0 aliphatic heterocycles. The third-order valence-electron chi connectivity index (χ3n) is 1.71. The Morgan fingerprint density at radius 1 is 1.43 bits per heavy atom. The third kappa shape index (κ3) is 3.76. The van der Waals surface area contributed by atoms with Crippen LogP contribution in [0.25, 0.3) is 6.08 Å². The second-order valence-electron chi connectivity index (χ2n) is 2.94. The van der Waals surface area contributed by atoms with Gasteiger partial charge in [0.2, 0.25) is 0 Å². The van der Waals surface area contributed by atoms with Crippen molar-refractivity contribution in [2.45, 2.75) is 6.92 Å². The van der Waals surface area contributed by atoms with Crippen LogP contribution < -0.4 is 5.73 Å². The molecule has 1 rings (SSSR count). The topological polar surface area (TPSA) is 52.3 Å². The average Bonchev–Trinajstić information content (AvgIpc) is 2.15. The van der Waals surface area contributed by atoms with Crippen molar-refractivity contribution in [1.29, 1.82) is 0 Å². The molecule has 3 heteroatoms. The van der Waals surface area contributed by atoms with E-state index in [1.807, 2.05) is 37.3 Å². The van der Waals surface area contributed by atoms with Crippen LogP contribution in [0.1, 0.15) is 11.1 Å². The molecule has 0 saturated heterocycles. The molecule has 0 heterocycles. The predicted octanol–water partition coefficient (Wildman–Crippen LogP) is 2.10. The number of rotatable bonds is 3. The Balaban J connectivity index is 2.44. The van der Waals surface area contributed by atoms with Gasteiger partial charge in [0, 0.05) is 0 Å². The second-order valence-corrected chi connectivity index (χ2v) is 2.94. The summed E-state index contributed by atoms with van der Waals surface area (Å²) in [5, 5.41) is 0. The molecule has 0 radical (unpaired) electrons. The first-order valence-corrected chi connectivity index (χ1v) is 4.34. The Morgan fingerprint density at radius 2 is 2.07 bits per heavy atom. The second kappa shape index (κ2) is 5.07. The van der Waals surface area contributed by atoms with Crippen LogP contribution in [0, 0.1) is 6.92 Å². The fourth-order valence-corrected chi connectivity index (χ4v) is 0.992. The molecule has 0 fully saturated rings. The fourth-order valence-electron chi connectivity index (χ4n) is 0.992. The quantitative estimate of drug-likeness (QED) is 0.795. The van der Waals surface area contributed by atoms with Crippen LogP contribution in [0.15, 0.2) is 30.3 Å². The van der Waals surface area contributed by atoms with Gasteiger partial charge in [-0.05, 0) is 18.6 Å². The molecule has 0 aliphatic rings. The number of carbonyl (C=O) groups is 1. The molecular formula is C11H13NO2. The minimum absolute atomic E-state index is 0.212. The first-order chi connectivity index (χ1) is 6.68. The Morgan fingerprint density at radius 3 is 2.64 bits per heavy atom. The summed E-state index contributed by atoms with van der Waals surface area (Å²) >= 11 is 0. The van der Waals surface area contributed by atoms with Crippen LogP contribution >= 0.6 is 0 Å². The minimum Gasteiger partial charge on any atom is -0.445 e. The van der Waals surface area contributed by atoms with Gasteiger partial charge in [-0.2, -0.15) is 0 Å². The lowest BCUT2D eigenvalue weighted by molar-refractivity contribution is 0.169. The summed E-state index contributed by atoms with van der Waals surface area (Å²) in [6, 6.07) is 8.04. The van der Waals surface area contributed by atoms with Crippen LogP contribution in [-0.4, -0.2) is 12.7 Å². The van der Waals surface area contributed by atoms with Crippen molar-refractivity contribution < 1.29 is 9.53 Å². The van der Waals surface area contributed by atoms with E-state index in [0.717, 1.165) is 5.56 Å². The van der Waals surface area contributed by atoms with Gasteiger partial charge in [0.05, 0.1) is 0 Å². The minimum atomic E-state index is -0.751. The van der Waals surface area contributed by atoms with Gasteiger partial charge in [-0.25, -0.2) is 4.79 Å². The SMILES string of the molecule is Cc1ccc(/C=C/COC(N)=O)cc1. The largest absolute Gasteiger partial charge is 0.445 e. The van der Waals surface area contributed by atoms with Crippen molar-refractivity contribution in [1.82, 2.24) is 0 Å². The molecule has 0 aliphatic carbocycles. The summed E-state index contributed by atoms with van der Waals surface area (Å²) in [5.74, 6) is 0. The number of ether oxygens (including phenoxy) is 1. The molecule has 0 saturated carbocycles. The number of carbonyl (C=O) groups excluding carboxylic acids is 1. The van der Waals surface area contributed by atoms with E-state index < -0.39 is 6.09 Å². The highest BCUT2D eigenvalue weighted by molar-refractivity contribution is 5.64. The van der Waals surface area contributed by atoms with Gasteiger partial charge in [-0.3, -0.25) is 0 Å². The number of amides is 1. The predicted molar refractivity (Wildman–Crippen MR) is 55.7 cm³/mol. The normalized spacial score (nSPS) is 10.4. The van der Waals surface area contributed by atoms with E-state index in [4.69, 9.17) is 5.73 Å². The lowest BCUT2D eigenvalue weighted by Gasteiger charge is -1.96. The fraction of sp³-hybridized carbons (Fsp3) is 0.182. The van der Waals surface area contributed by atoms with Gasteiger partial charge in [0.25, 0.3) is 0 Å². The van der Waals surface area contributed by atoms with E-state index in [2.05, 4.69) is 4.74 Å². The average molecular weight is 191 g/mol. The van der Waals surface area contributed by atoms with E-state index in [-0.39, 0.29) is 6.61 Å². The highest BCUT2D eigenvalue weighted by Crippen LogP contribution is 2.04. The summed E-state index contributed by atoms with van der Waals surface area (Å²) in [7, 11) is 0. The van der Waals surface area contributed by atoms with Gasteiger partial charge in [0.1, 0.15) is 6.61 Å². The Bertz CT molecular complexity index is 328. The molecule has 0 atom stereocenters. The number of hydrogen-bond donors (Lipinski definition) is 1. The molecule has 74 valence electrons. The maximum Gasteiger partial charge on any atom is 0.404 e. The lowest BCUT2D eigenvalue weighted by Crippen LogP contribution is -2.12.